The van der Waals surface area contributed by atoms with Crippen molar-refractivity contribution >= 4 is 38.9 Å². The highest BCUT2D eigenvalue weighted by atomic mass is 15.1. The summed E-state index contributed by atoms with van der Waals surface area (Å²) in [6, 6.07) is 88.4. The molecule has 0 N–H and O–H groups in total. The zero-order valence-corrected chi connectivity index (χ0v) is 43.9. The molecule has 0 unspecified atom stereocenters. The van der Waals surface area contributed by atoms with Gasteiger partial charge in [0.15, 0.2) is 0 Å². The lowest BCUT2D eigenvalue weighted by Crippen LogP contribution is -2.20. The Kier molecular flexibility index (Phi) is 9.41. The lowest BCUT2D eigenvalue weighted by molar-refractivity contribution is 0.623. The fraction of sp³-hybridized carbons (Fsp3) is 0.123. The lowest BCUT2D eigenvalue weighted by Gasteiger charge is -2.28. The third-order valence-corrected chi connectivity index (χ3v) is 17.6. The second-order valence-electron chi connectivity index (χ2n) is 22.9. The van der Waals surface area contributed by atoms with Crippen LogP contribution >= 0.6 is 0 Å². The van der Waals surface area contributed by atoms with Gasteiger partial charge in [-0.15, -0.1) is 0 Å². The second-order valence-corrected chi connectivity index (χ2v) is 22.9. The summed E-state index contributed by atoms with van der Waals surface area (Å²) >= 11 is 0. The van der Waals surface area contributed by atoms with Gasteiger partial charge in [0.1, 0.15) is 0 Å². The number of para-hydroxylation sites is 1. The monoisotopic (exact) mass is 975 g/mol. The number of benzene rings is 10. The SMILES string of the molecule is CC1(C)c2ccccc2-c2ccc(N(c3ccc(-c4ccccc4)cc3)c3ccc(-c4ccc5c(c4)c4c(n5-c5ccc6c(c5)c5c(n6-c6ccccc6)C(C)(C)c6ccccc6-5)C(C)(C)c5ccccc5-4)cc3)cc21. The van der Waals surface area contributed by atoms with Crippen LogP contribution in [0.5, 0.6) is 0 Å². The van der Waals surface area contributed by atoms with Gasteiger partial charge in [-0.25, -0.2) is 0 Å². The Hall–Kier alpha value is -8.92. The molecule has 0 radical (unpaired) electrons. The van der Waals surface area contributed by atoms with E-state index >= 15 is 0 Å². The van der Waals surface area contributed by atoms with E-state index in [2.05, 4.69) is 292 Å². The van der Waals surface area contributed by atoms with Gasteiger partial charge in [0.05, 0.1) is 11.0 Å². The van der Waals surface area contributed by atoms with Crippen molar-refractivity contribution < 1.29 is 0 Å². The zero-order valence-electron chi connectivity index (χ0n) is 43.9. The molecule has 0 atom stereocenters. The summed E-state index contributed by atoms with van der Waals surface area (Å²) in [6.45, 7) is 14.3. The van der Waals surface area contributed by atoms with Crippen LogP contribution in [0.4, 0.5) is 17.1 Å². The standard InChI is InChI=1S/C73H57N3/c1-71(2)61-26-16-13-23-55(61)56-40-38-54(45-64(56)71)74(51-34-29-47(30-35-51)46-19-9-7-10-20-46)52-36-31-48(32-37-52)49-33-41-65-59(43-49)67-57-24-14-17-27-62(57)73(5,6)70(67)76(65)53-39-42-66-60(44-53)68-58-25-15-18-28-63(58)72(3,4)69(68)75(66)50-21-11-8-12-22-50/h7-45H,1-6H3. The van der Waals surface area contributed by atoms with Crippen molar-refractivity contribution in [1.29, 1.82) is 0 Å². The van der Waals surface area contributed by atoms with Crippen LogP contribution in [0.2, 0.25) is 0 Å². The largest absolute Gasteiger partial charge is 0.312 e. The molecule has 10 aromatic carbocycles. The number of rotatable bonds is 7. The highest BCUT2D eigenvalue weighted by Gasteiger charge is 2.43. The van der Waals surface area contributed by atoms with E-state index in [1.54, 1.807) is 0 Å². The Morgan fingerprint density at radius 2 is 0.711 bits per heavy atom. The van der Waals surface area contributed by atoms with Crippen molar-refractivity contribution in [2.45, 2.75) is 57.8 Å². The number of aromatic nitrogens is 2. The first-order valence-corrected chi connectivity index (χ1v) is 26.9. The van der Waals surface area contributed by atoms with Crippen LogP contribution in [0.25, 0.3) is 88.8 Å². The number of hydrogen-bond donors (Lipinski definition) is 0. The van der Waals surface area contributed by atoms with Crippen molar-refractivity contribution in [3.8, 4) is 67.0 Å². The van der Waals surface area contributed by atoms with Gasteiger partial charge < -0.3 is 14.0 Å². The second kappa shape index (κ2) is 16.0. The predicted molar refractivity (Wildman–Crippen MR) is 318 cm³/mol. The fourth-order valence-corrected chi connectivity index (χ4v) is 14.0. The third-order valence-electron chi connectivity index (χ3n) is 17.6. The molecular formula is C73H57N3. The summed E-state index contributed by atoms with van der Waals surface area (Å²) in [6.07, 6.45) is 0. The van der Waals surface area contributed by atoms with Crippen LogP contribution in [0, 0.1) is 0 Å². The minimum absolute atomic E-state index is 0.118. The summed E-state index contributed by atoms with van der Waals surface area (Å²) in [4.78, 5) is 2.42. The summed E-state index contributed by atoms with van der Waals surface area (Å²) in [5.41, 5.74) is 28.6. The molecule has 364 valence electrons. The van der Waals surface area contributed by atoms with Gasteiger partial charge in [-0.3, -0.25) is 0 Å². The highest BCUT2D eigenvalue weighted by molar-refractivity contribution is 6.07. The minimum atomic E-state index is -0.244. The molecule has 0 fully saturated rings. The maximum Gasteiger partial charge on any atom is 0.0539 e. The van der Waals surface area contributed by atoms with Gasteiger partial charge in [-0.2, -0.15) is 0 Å². The van der Waals surface area contributed by atoms with Crippen LogP contribution in [-0.2, 0) is 16.2 Å². The highest BCUT2D eigenvalue weighted by Crippen LogP contribution is 2.57. The molecule has 76 heavy (non-hydrogen) atoms. The average Bonchev–Trinajstić information content (AvgIpc) is 4.38. The molecular weight excluding hydrogens is 919 g/mol. The number of hydrogen-bond acceptors (Lipinski definition) is 1. The van der Waals surface area contributed by atoms with Gasteiger partial charge in [-0.1, -0.05) is 199 Å². The van der Waals surface area contributed by atoms with Crippen molar-refractivity contribution in [2.24, 2.45) is 0 Å². The minimum Gasteiger partial charge on any atom is -0.312 e. The molecule has 3 nitrogen and oxygen atoms in total. The first kappa shape index (κ1) is 44.6. The van der Waals surface area contributed by atoms with E-state index < -0.39 is 0 Å². The molecule has 0 aliphatic heterocycles. The predicted octanol–water partition coefficient (Wildman–Crippen LogP) is 19.3. The van der Waals surface area contributed by atoms with Crippen LogP contribution in [-0.4, -0.2) is 9.13 Å². The summed E-state index contributed by atoms with van der Waals surface area (Å²) in [7, 11) is 0. The molecule has 0 saturated heterocycles. The van der Waals surface area contributed by atoms with E-state index in [-0.39, 0.29) is 16.2 Å². The summed E-state index contributed by atoms with van der Waals surface area (Å²) < 4.78 is 5.11. The van der Waals surface area contributed by atoms with Gasteiger partial charge in [0.2, 0.25) is 0 Å². The topological polar surface area (TPSA) is 13.1 Å². The van der Waals surface area contributed by atoms with Crippen molar-refractivity contribution in [1.82, 2.24) is 9.13 Å². The van der Waals surface area contributed by atoms with E-state index in [1.165, 1.54) is 122 Å². The maximum absolute atomic E-state index is 2.59. The van der Waals surface area contributed by atoms with Crippen LogP contribution in [0.1, 0.15) is 75.2 Å². The van der Waals surface area contributed by atoms with E-state index in [9.17, 15) is 0 Å². The molecule has 3 aliphatic carbocycles. The average molecular weight is 976 g/mol. The molecule has 2 aromatic heterocycles. The molecule has 12 aromatic rings. The maximum atomic E-state index is 2.59. The van der Waals surface area contributed by atoms with Crippen LogP contribution < -0.4 is 4.90 Å². The van der Waals surface area contributed by atoms with Crippen LogP contribution in [0.15, 0.2) is 237 Å². The lowest BCUT2D eigenvalue weighted by atomic mass is 9.82. The quantitative estimate of drug-likeness (QED) is 0.155. The van der Waals surface area contributed by atoms with Gasteiger partial charge in [0, 0.05) is 78.0 Å². The van der Waals surface area contributed by atoms with Crippen LogP contribution in [0.3, 0.4) is 0 Å². The molecule has 0 saturated carbocycles. The Morgan fingerprint density at radius 3 is 1.30 bits per heavy atom. The van der Waals surface area contributed by atoms with Gasteiger partial charge in [0.25, 0.3) is 0 Å². The molecule has 0 spiro atoms. The number of nitrogens with zero attached hydrogens (tertiary/aromatic N) is 3. The molecule has 2 heterocycles. The fourth-order valence-electron chi connectivity index (χ4n) is 14.0. The molecule has 15 rings (SSSR count). The third kappa shape index (κ3) is 6.23. The zero-order chi connectivity index (χ0) is 51.2. The molecule has 0 amide bonds. The first-order chi connectivity index (χ1) is 37.0. The van der Waals surface area contributed by atoms with Crippen molar-refractivity contribution in [3.63, 3.8) is 0 Å². The van der Waals surface area contributed by atoms with E-state index in [1.807, 2.05) is 0 Å². The Labute approximate surface area is 445 Å². The molecule has 3 heteroatoms. The van der Waals surface area contributed by atoms with Gasteiger partial charge in [-0.05, 0) is 146 Å². The van der Waals surface area contributed by atoms with E-state index in [0.29, 0.717) is 0 Å². The Balaban J connectivity index is 0.875. The van der Waals surface area contributed by atoms with E-state index in [0.717, 1.165) is 17.1 Å². The smallest absolute Gasteiger partial charge is 0.0539 e. The normalized spacial score (nSPS) is 14.8. The van der Waals surface area contributed by atoms with Crippen molar-refractivity contribution in [3.05, 3.63) is 270 Å². The summed E-state index contributed by atoms with van der Waals surface area (Å²) in [5.74, 6) is 0. The summed E-state index contributed by atoms with van der Waals surface area (Å²) in [5, 5.41) is 2.56. The molecule has 0 bridgehead atoms. The van der Waals surface area contributed by atoms with Gasteiger partial charge >= 0.3 is 0 Å². The van der Waals surface area contributed by atoms with Crippen molar-refractivity contribution in [2.75, 3.05) is 4.90 Å². The first-order valence-electron chi connectivity index (χ1n) is 26.9. The Morgan fingerprint density at radius 1 is 0.289 bits per heavy atom. The number of anilines is 3. The number of fused-ring (bicyclic) bond motifs is 13. The van der Waals surface area contributed by atoms with E-state index in [4.69, 9.17) is 0 Å². The molecule has 3 aliphatic rings. The Bertz CT molecular complexity index is 4330.